The second-order valence-corrected chi connectivity index (χ2v) is 14.5. The molecule has 0 saturated heterocycles. The van der Waals surface area contributed by atoms with Gasteiger partial charge in [-0.05, 0) is 146 Å². The van der Waals surface area contributed by atoms with E-state index < -0.39 is 0 Å². The summed E-state index contributed by atoms with van der Waals surface area (Å²) in [7, 11) is 0. The van der Waals surface area contributed by atoms with Crippen molar-refractivity contribution in [3.63, 3.8) is 0 Å². The van der Waals surface area contributed by atoms with Gasteiger partial charge in [-0.3, -0.25) is 0 Å². The van der Waals surface area contributed by atoms with E-state index in [1.165, 1.54) is 109 Å². The molecule has 0 aliphatic heterocycles. The van der Waals surface area contributed by atoms with Crippen LogP contribution in [0.5, 0.6) is 0 Å². The van der Waals surface area contributed by atoms with Crippen molar-refractivity contribution in [1.82, 2.24) is 0 Å². The molecule has 0 atom stereocenters. The zero-order chi connectivity index (χ0) is 35.6. The molecule has 0 aromatic heterocycles. The number of hydrogen-bond acceptors (Lipinski definition) is 0. The summed E-state index contributed by atoms with van der Waals surface area (Å²) in [6.07, 6.45) is 0. The van der Waals surface area contributed by atoms with Crippen molar-refractivity contribution >= 4 is 64.6 Å². The van der Waals surface area contributed by atoms with Crippen molar-refractivity contribution in [3.8, 4) is 44.5 Å². The molecule has 0 radical (unpaired) electrons. The molecule has 0 saturated carbocycles. The van der Waals surface area contributed by atoms with Gasteiger partial charge in [0.1, 0.15) is 0 Å². The second-order valence-electron chi connectivity index (χ2n) is 14.5. The summed E-state index contributed by atoms with van der Waals surface area (Å²) in [6, 6.07) is 76.5. The predicted octanol–water partition coefficient (Wildman–Crippen LogP) is 15.3. The molecular weight excluding hydrogens is 649 g/mol. The molecule has 54 heavy (non-hydrogen) atoms. The van der Waals surface area contributed by atoms with Crippen molar-refractivity contribution in [2.45, 2.75) is 0 Å². The van der Waals surface area contributed by atoms with Gasteiger partial charge in [-0.25, -0.2) is 0 Å². The van der Waals surface area contributed by atoms with E-state index in [-0.39, 0.29) is 0 Å². The fourth-order valence-electron chi connectivity index (χ4n) is 8.64. The third kappa shape index (κ3) is 5.07. The van der Waals surface area contributed by atoms with E-state index >= 15 is 0 Å². The second kappa shape index (κ2) is 12.3. The van der Waals surface area contributed by atoms with E-state index in [4.69, 9.17) is 0 Å². The van der Waals surface area contributed by atoms with Crippen molar-refractivity contribution < 1.29 is 0 Å². The van der Waals surface area contributed by atoms with Crippen molar-refractivity contribution in [2.75, 3.05) is 0 Å². The zero-order valence-electron chi connectivity index (χ0n) is 29.6. The first-order chi connectivity index (χ1) is 26.7. The summed E-state index contributed by atoms with van der Waals surface area (Å²) >= 11 is 0. The Balaban J connectivity index is 1.25. The Labute approximate surface area is 314 Å². The van der Waals surface area contributed by atoms with Gasteiger partial charge in [0.25, 0.3) is 0 Å². The summed E-state index contributed by atoms with van der Waals surface area (Å²) in [6.45, 7) is 0. The van der Waals surface area contributed by atoms with Crippen LogP contribution in [0.25, 0.3) is 109 Å². The van der Waals surface area contributed by atoms with Crippen molar-refractivity contribution in [1.29, 1.82) is 0 Å². The molecular formula is C54H34. The van der Waals surface area contributed by atoms with Crippen LogP contribution in [0.3, 0.4) is 0 Å². The molecule has 0 amide bonds. The van der Waals surface area contributed by atoms with Crippen LogP contribution in [-0.2, 0) is 0 Å². The molecule has 0 heterocycles. The van der Waals surface area contributed by atoms with E-state index in [1.807, 2.05) is 0 Å². The number of hydrogen-bond donors (Lipinski definition) is 0. The van der Waals surface area contributed by atoms with Gasteiger partial charge in [0.05, 0.1) is 0 Å². The highest BCUT2D eigenvalue weighted by atomic mass is 14.2. The third-order valence-electron chi connectivity index (χ3n) is 11.4. The largest absolute Gasteiger partial charge is 0.0616 e. The molecule has 0 bridgehead atoms. The van der Waals surface area contributed by atoms with Crippen LogP contribution in [0.15, 0.2) is 206 Å². The van der Waals surface area contributed by atoms with Crippen LogP contribution >= 0.6 is 0 Å². The van der Waals surface area contributed by atoms with Crippen LogP contribution < -0.4 is 0 Å². The van der Waals surface area contributed by atoms with E-state index in [1.54, 1.807) is 0 Å². The molecule has 11 aromatic carbocycles. The molecule has 0 spiro atoms. The lowest BCUT2D eigenvalue weighted by molar-refractivity contribution is 1.64. The molecule has 0 aliphatic carbocycles. The summed E-state index contributed by atoms with van der Waals surface area (Å²) < 4.78 is 0. The highest BCUT2D eigenvalue weighted by molar-refractivity contribution is 6.23. The van der Waals surface area contributed by atoms with Gasteiger partial charge in [0.2, 0.25) is 0 Å². The minimum absolute atomic E-state index is 1.21. The van der Waals surface area contributed by atoms with Crippen LogP contribution in [0.1, 0.15) is 0 Å². The molecule has 0 aliphatic rings. The topological polar surface area (TPSA) is 0 Å². The predicted molar refractivity (Wildman–Crippen MR) is 233 cm³/mol. The lowest BCUT2D eigenvalue weighted by atomic mass is 9.83. The maximum atomic E-state index is 2.44. The van der Waals surface area contributed by atoms with Crippen LogP contribution in [0.2, 0.25) is 0 Å². The van der Waals surface area contributed by atoms with E-state index in [2.05, 4.69) is 206 Å². The van der Waals surface area contributed by atoms with Crippen LogP contribution in [0.4, 0.5) is 0 Å². The van der Waals surface area contributed by atoms with Gasteiger partial charge >= 0.3 is 0 Å². The van der Waals surface area contributed by atoms with Crippen LogP contribution in [0, 0.1) is 0 Å². The molecule has 0 fully saturated rings. The average molecular weight is 683 g/mol. The van der Waals surface area contributed by atoms with Crippen molar-refractivity contribution in [2.24, 2.45) is 0 Å². The smallest absolute Gasteiger partial charge is 0.00259 e. The minimum atomic E-state index is 1.21. The maximum absolute atomic E-state index is 2.44. The molecule has 0 N–H and O–H groups in total. The Kier molecular flexibility index (Phi) is 6.97. The fourth-order valence-corrected chi connectivity index (χ4v) is 8.64. The maximum Gasteiger partial charge on any atom is -0.00259 e. The highest BCUT2D eigenvalue weighted by Gasteiger charge is 2.19. The first-order valence-corrected chi connectivity index (χ1v) is 18.7. The summed E-state index contributed by atoms with van der Waals surface area (Å²) in [4.78, 5) is 0. The third-order valence-corrected chi connectivity index (χ3v) is 11.4. The lowest BCUT2D eigenvalue weighted by Gasteiger charge is -2.20. The molecule has 0 unspecified atom stereocenters. The lowest BCUT2D eigenvalue weighted by Crippen LogP contribution is -1.93. The van der Waals surface area contributed by atoms with Gasteiger partial charge in [-0.15, -0.1) is 0 Å². The minimum Gasteiger partial charge on any atom is -0.0616 e. The molecule has 11 rings (SSSR count). The summed E-state index contributed by atoms with van der Waals surface area (Å²) in [5.74, 6) is 0. The Bertz CT molecular complexity index is 3050. The standard InChI is InChI=1S/C54H34/c1-5-13-39-29-43(21-17-35(39)9-1)45-25-27-49-51(33-45)53(47-23-19-37-11-3-7-15-41(37)31-47)50-28-26-46(44-22-18-36-10-2-6-14-40(36)30-44)34-52(50)54(49)48-24-20-38-12-4-8-16-42(38)32-48/h1-34H. The molecule has 250 valence electrons. The Morgan fingerprint density at radius 2 is 0.426 bits per heavy atom. The molecule has 11 aromatic rings. The highest BCUT2D eigenvalue weighted by Crippen LogP contribution is 2.47. The Hall–Kier alpha value is -7.02. The van der Waals surface area contributed by atoms with Gasteiger partial charge in [0, 0.05) is 0 Å². The number of benzene rings is 11. The van der Waals surface area contributed by atoms with E-state index in [0.29, 0.717) is 0 Å². The average Bonchev–Trinajstić information content (AvgIpc) is 3.24. The Morgan fingerprint density at radius 1 is 0.167 bits per heavy atom. The number of rotatable bonds is 4. The van der Waals surface area contributed by atoms with Gasteiger partial charge in [0.15, 0.2) is 0 Å². The first kappa shape index (κ1) is 30.6. The molecule has 0 nitrogen and oxygen atoms in total. The SMILES string of the molecule is c1ccc2cc(-c3ccc4c(-c5ccc6ccccc6c5)c5cc(-c6ccc7ccccc7c6)ccc5c(-c5ccc6ccccc6c5)c4c3)ccc2c1. The quantitative estimate of drug-likeness (QED) is 0.162. The zero-order valence-corrected chi connectivity index (χ0v) is 29.6. The van der Waals surface area contributed by atoms with Crippen LogP contribution in [-0.4, -0.2) is 0 Å². The van der Waals surface area contributed by atoms with Gasteiger partial charge in [-0.1, -0.05) is 170 Å². The number of fused-ring (bicyclic) bond motifs is 6. The summed E-state index contributed by atoms with van der Waals surface area (Å²) in [5.41, 5.74) is 9.86. The van der Waals surface area contributed by atoms with Gasteiger partial charge < -0.3 is 0 Å². The van der Waals surface area contributed by atoms with E-state index in [9.17, 15) is 0 Å². The monoisotopic (exact) mass is 682 g/mol. The molecule has 0 heteroatoms. The van der Waals surface area contributed by atoms with E-state index in [0.717, 1.165) is 0 Å². The first-order valence-electron chi connectivity index (χ1n) is 18.7. The summed E-state index contributed by atoms with van der Waals surface area (Å²) in [5, 5.41) is 15.0. The Morgan fingerprint density at radius 3 is 0.778 bits per heavy atom. The fraction of sp³-hybridized carbons (Fsp3) is 0. The normalized spacial score (nSPS) is 11.7. The van der Waals surface area contributed by atoms with Gasteiger partial charge in [-0.2, -0.15) is 0 Å². The van der Waals surface area contributed by atoms with Crippen molar-refractivity contribution in [3.05, 3.63) is 206 Å².